The van der Waals surface area contributed by atoms with E-state index in [0.29, 0.717) is 47.6 Å². The number of amides is 2. The summed E-state index contributed by atoms with van der Waals surface area (Å²) >= 11 is 6.44. The first kappa shape index (κ1) is 26.1. The quantitative estimate of drug-likeness (QED) is 0.403. The molecule has 0 aliphatic carbocycles. The molecule has 3 N–H and O–H groups in total. The highest BCUT2D eigenvalue weighted by Gasteiger charge is 2.30. The number of halogens is 1. The number of nitrogens with zero attached hydrogens (tertiary/aromatic N) is 3. The van der Waals surface area contributed by atoms with Crippen LogP contribution in [-0.4, -0.2) is 63.7 Å². The SMILES string of the molecule is CC(O)C(NC(=O)CN1Cc2ccc(-c3nc(NC4CCOCC4)ncc3Cl)cc2C1=O)c1ccccc1. The van der Waals surface area contributed by atoms with Gasteiger partial charge in [-0.1, -0.05) is 54.1 Å². The van der Waals surface area contributed by atoms with Crippen LogP contribution in [0.25, 0.3) is 11.3 Å². The number of hydrogen-bond donors (Lipinski definition) is 3. The lowest BCUT2D eigenvalue weighted by atomic mass is 10.0. The maximum atomic E-state index is 13.2. The van der Waals surface area contributed by atoms with Gasteiger partial charge in [-0.3, -0.25) is 9.59 Å². The van der Waals surface area contributed by atoms with Crippen molar-refractivity contribution in [1.29, 1.82) is 0 Å². The Morgan fingerprint density at radius 2 is 1.97 bits per heavy atom. The van der Waals surface area contributed by atoms with Gasteiger partial charge in [-0.05, 0) is 37.0 Å². The van der Waals surface area contributed by atoms with Gasteiger partial charge in [0, 0.05) is 36.9 Å². The fourth-order valence-corrected chi connectivity index (χ4v) is 5.04. The van der Waals surface area contributed by atoms with Gasteiger partial charge in [-0.15, -0.1) is 0 Å². The fourth-order valence-electron chi connectivity index (χ4n) is 4.84. The van der Waals surface area contributed by atoms with Crippen LogP contribution in [0, 0.1) is 0 Å². The van der Waals surface area contributed by atoms with E-state index >= 15 is 0 Å². The van der Waals surface area contributed by atoms with Crippen LogP contribution >= 0.6 is 11.6 Å². The number of carbonyl (C=O) groups is 2. The van der Waals surface area contributed by atoms with Crippen molar-refractivity contribution in [3.8, 4) is 11.3 Å². The number of hydrogen-bond acceptors (Lipinski definition) is 7. The Morgan fingerprint density at radius 3 is 2.71 bits per heavy atom. The number of rotatable bonds is 8. The molecule has 0 saturated carbocycles. The first-order chi connectivity index (χ1) is 18.4. The van der Waals surface area contributed by atoms with Gasteiger partial charge >= 0.3 is 0 Å². The molecule has 5 rings (SSSR count). The predicted octanol–water partition coefficient (Wildman–Crippen LogP) is 3.58. The third kappa shape index (κ3) is 5.80. The molecule has 0 spiro atoms. The molecule has 3 aromatic rings. The second-order valence-electron chi connectivity index (χ2n) is 9.65. The lowest BCUT2D eigenvalue weighted by Crippen LogP contribution is -2.41. The van der Waals surface area contributed by atoms with Crippen LogP contribution in [0.15, 0.2) is 54.7 Å². The third-order valence-corrected chi connectivity index (χ3v) is 7.13. The zero-order chi connectivity index (χ0) is 26.6. The van der Waals surface area contributed by atoms with Crippen molar-refractivity contribution in [2.45, 2.75) is 44.5 Å². The van der Waals surface area contributed by atoms with Crippen molar-refractivity contribution in [2.75, 3.05) is 25.1 Å². The molecular formula is C28H30ClN5O4. The topological polar surface area (TPSA) is 117 Å². The smallest absolute Gasteiger partial charge is 0.254 e. The van der Waals surface area contributed by atoms with Gasteiger partial charge in [0.1, 0.15) is 6.54 Å². The van der Waals surface area contributed by atoms with Crippen LogP contribution in [0.3, 0.4) is 0 Å². The van der Waals surface area contributed by atoms with Crippen molar-refractivity contribution in [1.82, 2.24) is 20.2 Å². The van der Waals surface area contributed by atoms with Gasteiger partial charge in [0.25, 0.3) is 5.91 Å². The fraction of sp³-hybridized carbons (Fsp3) is 0.357. The van der Waals surface area contributed by atoms with Crippen LogP contribution in [0.1, 0.15) is 47.3 Å². The van der Waals surface area contributed by atoms with Gasteiger partial charge in [-0.25, -0.2) is 9.97 Å². The minimum atomic E-state index is -0.793. The second kappa shape index (κ2) is 11.5. The number of aromatic nitrogens is 2. The van der Waals surface area contributed by atoms with Gasteiger partial charge in [0.05, 0.1) is 29.1 Å². The Balaban J connectivity index is 1.28. The normalized spacial score (nSPS) is 17.1. The summed E-state index contributed by atoms with van der Waals surface area (Å²) in [7, 11) is 0. The number of anilines is 1. The summed E-state index contributed by atoms with van der Waals surface area (Å²) in [6.07, 6.45) is 2.52. The molecule has 1 fully saturated rings. The standard InChI is InChI=1S/C28H30ClN5O4/c1-17(35)25(18-5-3-2-4-6-18)32-24(36)16-34-15-20-8-7-19(13-22(20)27(34)37)26-23(29)14-30-28(33-26)31-21-9-11-38-12-10-21/h2-8,13-14,17,21,25,35H,9-12,15-16H2,1H3,(H,32,36)(H,30,31,33). The molecule has 2 aromatic carbocycles. The molecule has 1 saturated heterocycles. The third-order valence-electron chi connectivity index (χ3n) is 6.85. The Bertz CT molecular complexity index is 1310. The zero-order valence-electron chi connectivity index (χ0n) is 21.1. The molecule has 2 amide bonds. The van der Waals surface area contributed by atoms with Crippen LogP contribution in [0.4, 0.5) is 5.95 Å². The lowest BCUT2D eigenvalue weighted by molar-refractivity contribution is -0.123. The van der Waals surface area contributed by atoms with Crippen molar-refractivity contribution >= 4 is 29.4 Å². The molecule has 2 unspecified atom stereocenters. The van der Waals surface area contributed by atoms with Gasteiger partial charge in [-0.2, -0.15) is 0 Å². The van der Waals surface area contributed by atoms with E-state index in [1.807, 2.05) is 42.5 Å². The number of benzene rings is 2. The molecule has 0 radical (unpaired) electrons. The Kier molecular flexibility index (Phi) is 7.87. The predicted molar refractivity (Wildman–Crippen MR) is 144 cm³/mol. The number of fused-ring (bicyclic) bond motifs is 1. The maximum absolute atomic E-state index is 13.2. The van der Waals surface area contributed by atoms with Crippen molar-refractivity contribution < 1.29 is 19.4 Å². The largest absolute Gasteiger partial charge is 0.391 e. The number of nitrogens with one attached hydrogen (secondary N) is 2. The zero-order valence-corrected chi connectivity index (χ0v) is 21.8. The van der Waals surface area contributed by atoms with E-state index in [4.69, 9.17) is 16.3 Å². The molecule has 2 atom stereocenters. The molecule has 9 nitrogen and oxygen atoms in total. The van der Waals surface area contributed by atoms with Crippen molar-refractivity contribution in [3.05, 3.63) is 76.4 Å². The molecule has 10 heteroatoms. The average molecular weight is 536 g/mol. The Morgan fingerprint density at radius 1 is 1.21 bits per heavy atom. The molecule has 2 aliphatic heterocycles. The minimum absolute atomic E-state index is 0.119. The van der Waals surface area contributed by atoms with E-state index in [0.717, 1.165) is 24.0 Å². The second-order valence-corrected chi connectivity index (χ2v) is 10.1. The highest BCUT2D eigenvalue weighted by atomic mass is 35.5. The maximum Gasteiger partial charge on any atom is 0.254 e. The van der Waals surface area contributed by atoms with Crippen LogP contribution < -0.4 is 10.6 Å². The van der Waals surface area contributed by atoms with Crippen LogP contribution in [-0.2, 0) is 16.1 Å². The van der Waals surface area contributed by atoms with Crippen LogP contribution in [0.2, 0.25) is 5.02 Å². The number of aliphatic hydroxyl groups excluding tert-OH is 1. The summed E-state index contributed by atoms with van der Waals surface area (Å²) in [6.45, 7) is 3.23. The van der Waals surface area contributed by atoms with E-state index in [9.17, 15) is 14.7 Å². The summed E-state index contributed by atoms with van der Waals surface area (Å²) in [4.78, 5) is 36.5. The summed E-state index contributed by atoms with van der Waals surface area (Å²) in [6, 6.07) is 14.4. The van der Waals surface area contributed by atoms with E-state index in [-0.39, 0.29) is 24.4 Å². The first-order valence-electron chi connectivity index (χ1n) is 12.7. The van der Waals surface area contributed by atoms with Gasteiger partial charge in [0.2, 0.25) is 11.9 Å². The highest BCUT2D eigenvalue weighted by molar-refractivity contribution is 6.33. The first-order valence-corrected chi connectivity index (χ1v) is 13.1. The molecule has 1 aromatic heterocycles. The van der Waals surface area contributed by atoms with Crippen LogP contribution in [0.5, 0.6) is 0 Å². The number of ether oxygens (including phenoxy) is 1. The van der Waals surface area contributed by atoms with Gasteiger partial charge < -0.3 is 25.4 Å². The summed E-state index contributed by atoms with van der Waals surface area (Å²) in [5.41, 5.74) is 3.37. The molecule has 2 aliphatic rings. The molecule has 198 valence electrons. The van der Waals surface area contributed by atoms with Crippen molar-refractivity contribution in [2.24, 2.45) is 0 Å². The van der Waals surface area contributed by atoms with E-state index in [1.165, 1.54) is 4.90 Å². The number of carbonyl (C=O) groups excluding carboxylic acids is 2. The summed E-state index contributed by atoms with van der Waals surface area (Å²) < 4.78 is 5.41. The molecule has 38 heavy (non-hydrogen) atoms. The van der Waals surface area contributed by atoms with E-state index in [1.54, 1.807) is 19.2 Å². The molecule has 3 heterocycles. The van der Waals surface area contributed by atoms with Crippen molar-refractivity contribution in [3.63, 3.8) is 0 Å². The Hall–Kier alpha value is -3.53. The minimum Gasteiger partial charge on any atom is -0.391 e. The van der Waals surface area contributed by atoms with Gasteiger partial charge in [0.15, 0.2) is 0 Å². The summed E-state index contributed by atoms with van der Waals surface area (Å²) in [5.74, 6) is -0.104. The molecular weight excluding hydrogens is 506 g/mol. The Labute approximate surface area is 226 Å². The molecule has 0 bridgehead atoms. The lowest BCUT2D eigenvalue weighted by Gasteiger charge is -2.23. The average Bonchev–Trinajstić information content (AvgIpc) is 3.23. The van der Waals surface area contributed by atoms with E-state index < -0.39 is 12.1 Å². The van der Waals surface area contributed by atoms with E-state index in [2.05, 4.69) is 20.6 Å². The monoisotopic (exact) mass is 535 g/mol. The summed E-state index contributed by atoms with van der Waals surface area (Å²) in [5, 5.41) is 16.8. The number of aliphatic hydroxyl groups is 1. The highest BCUT2D eigenvalue weighted by Crippen LogP contribution is 2.31.